The van der Waals surface area contributed by atoms with Crippen molar-refractivity contribution in [1.29, 1.82) is 0 Å². The molecule has 0 radical (unpaired) electrons. The zero-order chi connectivity index (χ0) is 36.8. The van der Waals surface area contributed by atoms with Crippen LogP contribution in [-0.2, 0) is 20.4 Å². The minimum Gasteiger partial charge on any atom is -1.00 e. The summed E-state index contributed by atoms with van der Waals surface area (Å²) >= 11 is 0. The predicted octanol–water partition coefficient (Wildman–Crippen LogP) is 10.5. The summed E-state index contributed by atoms with van der Waals surface area (Å²) < 4.78 is 0. The quantitative estimate of drug-likeness (QED) is 0.0936. The second-order valence-corrected chi connectivity index (χ2v) is 15.7. The topological polar surface area (TPSA) is 6.02 Å². The number of hydrogen-bond donors (Lipinski definition) is 0. The van der Waals surface area contributed by atoms with Crippen LogP contribution in [-0.4, -0.2) is 24.2 Å². The van der Waals surface area contributed by atoms with Crippen LogP contribution in [0.5, 0.6) is 0 Å². The smallest absolute Gasteiger partial charge is 1.00 e. The van der Waals surface area contributed by atoms with Gasteiger partial charge in [-0.25, -0.2) is 0 Å². The van der Waals surface area contributed by atoms with Gasteiger partial charge in [0.15, 0.2) is 0 Å². The van der Waals surface area contributed by atoms with E-state index >= 15 is 0 Å². The van der Waals surface area contributed by atoms with Gasteiger partial charge in [0.2, 0.25) is 0 Å². The Balaban J connectivity index is 0.000000232. The Hall–Kier alpha value is -4.13. The third-order valence-electron chi connectivity index (χ3n) is 11.4. The molecule has 4 unspecified atom stereocenters. The molecule has 0 aromatic heterocycles. The van der Waals surface area contributed by atoms with Crippen LogP contribution in [0.3, 0.4) is 0 Å². The molecule has 2 saturated heterocycles. The third kappa shape index (κ3) is 9.13. The van der Waals surface area contributed by atoms with Crippen LogP contribution in [0.25, 0.3) is 44.5 Å². The Morgan fingerprint density at radius 3 is 0.673 bits per heavy atom. The van der Waals surface area contributed by atoms with Crippen LogP contribution < -0.4 is 22.2 Å². The first-order valence-corrected chi connectivity index (χ1v) is 19.1. The number of anilines is 2. The molecule has 0 amide bonds. The van der Waals surface area contributed by atoms with E-state index in [-0.39, 0.29) is 40.3 Å². The van der Waals surface area contributed by atoms with Gasteiger partial charge in [0.05, 0.1) is 11.4 Å². The van der Waals surface area contributed by atoms with Gasteiger partial charge in [-0.1, -0.05) is 119 Å². The summed E-state index contributed by atoms with van der Waals surface area (Å²) in [7, 11) is 0. The van der Waals surface area contributed by atoms with Gasteiger partial charge in [0, 0.05) is 46.4 Å². The molecule has 4 atom stereocenters. The van der Waals surface area contributed by atoms with E-state index in [1.165, 1.54) is 89.3 Å². The van der Waals surface area contributed by atoms with Crippen molar-refractivity contribution in [2.75, 3.05) is 9.80 Å². The predicted molar refractivity (Wildman–Crippen MR) is 232 cm³/mol. The SMILES string of the molecule is Cc1ccc(-c2cc(C)cc(-c3ccc(C)cc3)c2N2C(C)C2C)cc1.Cc1ccc(-c2cc(C)cc(-c3ccc(C)cc3)c2N2C(C)C2C)cc1.[CH3-].[Cl-].[Pd+2]. The summed E-state index contributed by atoms with van der Waals surface area (Å²) in [6, 6.07) is 47.5. The van der Waals surface area contributed by atoms with Crippen molar-refractivity contribution in [3.8, 4) is 44.5 Å². The van der Waals surface area contributed by atoms with Gasteiger partial charge in [-0.3, -0.25) is 0 Å². The largest absolute Gasteiger partial charge is 2.00 e. The summed E-state index contributed by atoms with van der Waals surface area (Å²) in [4.78, 5) is 5.12. The fourth-order valence-corrected chi connectivity index (χ4v) is 7.75. The number of hydrogen-bond acceptors (Lipinski definition) is 2. The van der Waals surface area contributed by atoms with Crippen LogP contribution >= 0.6 is 0 Å². The van der Waals surface area contributed by atoms with E-state index in [9.17, 15) is 0 Å². The van der Waals surface area contributed by atoms with E-state index < -0.39 is 0 Å². The number of benzene rings is 6. The van der Waals surface area contributed by atoms with E-state index in [0.717, 1.165) is 0 Å². The Morgan fingerprint density at radius 2 is 0.509 bits per heavy atom. The number of rotatable bonds is 6. The van der Waals surface area contributed by atoms with Crippen molar-refractivity contribution in [2.45, 2.75) is 93.4 Å². The minimum atomic E-state index is 0. The molecule has 4 heteroatoms. The summed E-state index contributed by atoms with van der Waals surface area (Å²) in [5.41, 5.74) is 21.2. The molecule has 6 aromatic rings. The molecule has 0 spiro atoms. The zero-order valence-corrected chi connectivity index (χ0v) is 36.8. The number of halogens is 1. The Morgan fingerprint density at radius 1 is 0.327 bits per heavy atom. The first kappa shape index (κ1) is 43.6. The average molecular weight is 840 g/mol. The van der Waals surface area contributed by atoms with Gasteiger partial charge in [0.1, 0.15) is 0 Å². The first-order valence-electron chi connectivity index (χ1n) is 19.1. The van der Waals surface area contributed by atoms with Crippen molar-refractivity contribution in [2.24, 2.45) is 0 Å². The summed E-state index contributed by atoms with van der Waals surface area (Å²) in [5, 5.41) is 0. The van der Waals surface area contributed by atoms with Gasteiger partial charge in [-0.2, -0.15) is 0 Å². The molecule has 8 rings (SSSR count). The second kappa shape index (κ2) is 17.8. The molecular formula is C51H57ClN2Pd. The Bertz CT molecular complexity index is 1900. The van der Waals surface area contributed by atoms with Gasteiger partial charge < -0.3 is 29.6 Å². The van der Waals surface area contributed by atoms with Crippen LogP contribution in [0, 0.1) is 49.0 Å². The first-order chi connectivity index (χ1) is 24.9. The molecule has 0 saturated carbocycles. The second-order valence-electron chi connectivity index (χ2n) is 15.7. The van der Waals surface area contributed by atoms with E-state index in [2.05, 4.69) is 200 Å². The van der Waals surface area contributed by atoms with Gasteiger partial charge in [-0.15, -0.1) is 0 Å². The van der Waals surface area contributed by atoms with E-state index in [4.69, 9.17) is 0 Å². The van der Waals surface area contributed by atoms with Crippen LogP contribution in [0.2, 0.25) is 0 Å². The standard InChI is InChI=1S/2C25H27N.CH3.ClH.Pd/c2*1-16-6-10-21(11-7-16)23-14-18(3)15-24(22-12-8-17(2)9-13-22)25(23)26-19(4)20(26)5;;;/h2*6-15,19-20H,1-5H3;1H3;1H;/q;;-1;;+2/p-1. The molecule has 2 aliphatic heterocycles. The molecule has 0 aliphatic carbocycles. The summed E-state index contributed by atoms with van der Waals surface area (Å²) in [6.45, 7) is 22.3. The molecule has 2 nitrogen and oxygen atoms in total. The molecule has 55 heavy (non-hydrogen) atoms. The van der Waals surface area contributed by atoms with Crippen LogP contribution in [0.1, 0.15) is 61.1 Å². The fraction of sp³-hybridized carbons (Fsp3) is 0.275. The van der Waals surface area contributed by atoms with Crippen molar-refractivity contribution in [3.05, 3.63) is 162 Å². The van der Waals surface area contributed by atoms with E-state index in [0.29, 0.717) is 24.2 Å². The molecular weight excluding hydrogens is 782 g/mol. The maximum atomic E-state index is 2.56. The van der Waals surface area contributed by atoms with Crippen LogP contribution in [0.4, 0.5) is 11.4 Å². The average Bonchev–Trinajstić information content (AvgIpc) is 3.95. The molecule has 288 valence electrons. The van der Waals surface area contributed by atoms with Crippen molar-refractivity contribution in [3.63, 3.8) is 0 Å². The van der Waals surface area contributed by atoms with Crippen molar-refractivity contribution < 1.29 is 32.8 Å². The monoisotopic (exact) mass is 838 g/mol. The maximum absolute atomic E-state index is 2.56. The maximum Gasteiger partial charge on any atom is 2.00 e. The van der Waals surface area contributed by atoms with E-state index in [1.807, 2.05) is 0 Å². The van der Waals surface area contributed by atoms with Gasteiger partial charge >= 0.3 is 20.4 Å². The summed E-state index contributed by atoms with van der Waals surface area (Å²) in [6.07, 6.45) is 0. The number of nitrogens with zero attached hydrogens (tertiary/aromatic N) is 2. The zero-order valence-electron chi connectivity index (χ0n) is 34.4. The molecule has 6 aromatic carbocycles. The Kier molecular flexibility index (Phi) is 14.1. The molecule has 2 aliphatic rings. The van der Waals surface area contributed by atoms with Gasteiger partial charge in [0.25, 0.3) is 0 Å². The molecule has 0 bridgehead atoms. The van der Waals surface area contributed by atoms with Crippen molar-refractivity contribution in [1.82, 2.24) is 0 Å². The molecule has 2 fully saturated rings. The van der Waals surface area contributed by atoms with Crippen LogP contribution in [0.15, 0.2) is 121 Å². The van der Waals surface area contributed by atoms with Crippen molar-refractivity contribution >= 4 is 11.4 Å². The fourth-order valence-electron chi connectivity index (χ4n) is 7.75. The Labute approximate surface area is 352 Å². The molecule has 2 heterocycles. The third-order valence-corrected chi connectivity index (χ3v) is 11.4. The minimum absolute atomic E-state index is 0. The molecule has 0 N–H and O–H groups in total. The summed E-state index contributed by atoms with van der Waals surface area (Å²) in [5.74, 6) is 0. The number of aryl methyl sites for hydroxylation is 6. The normalized spacial score (nSPS) is 17.9. The van der Waals surface area contributed by atoms with Gasteiger partial charge in [-0.05, 0) is 127 Å². The van der Waals surface area contributed by atoms with E-state index in [1.54, 1.807) is 0 Å².